The molecule has 0 bridgehead atoms. The first-order chi connectivity index (χ1) is 14.4. The molecule has 0 aliphatic heterocycles. The molecule has 0 atom stereocenters. The lowest BCUT2D eigenvalue weighted by Crippen LogP contribution is -2.23. The summed E-state index contributed by atoms with van der Waals surface area (Å²) in [6, 6.07) is 7.38. The number of aromatic nitrogens is 3. The van der Waals surface area contributed by atoms with Crippen LogP contribution in [-0.4, -0.2) is 14.8 Å². The zero-order chi connectivity index (χ0) is 21.4. The summed E-state index contributed by atoms with van der Waals surface area (Å²) in [6.45, 7) is 1.90. The van der Waals surface area contributed by atoms with Crippen LogP contribution in [0.1, 0.15) is 6.92 Å². The molecule has 152 valence electrons. The van der Waals surface area contributed by atoms with Crippen molar-refractivity contribution < 1.29 is 17.6 Å². The first kappa shape index (κ1) is 19.6. The minimum Gasteiger partial charge on any atom is -0.349 e. The molecule has 2 heterocycles. The number of aryl methyl sites for hydroxylation is 1. The average molecular weight is 414 g/mol. The van der Waals surface area contributed by atoms with Gasteiger partial charge in [-0.2, -0.15) is 5.10 Å². The Balaban J connectivity index is 1.93. The molecule has 0 aliphatic carbocycles. The van der Waals surface area contributed by atoms with Crippen molar-refractivity contribution >= 4 is 22.3 Å². The Labute approximate surface area is 167 Å². The summed E-state index contributed by atoms with van der Waals surface area (Å²) in [7, 11) is 0. The van der Waals surface area contributed by atoms with Crippen LogP contribution < -0.4 is 10.9 Å². The highest BCUT2D eigenvalue weighted by molar-refractivity contribution is 5.93. The number of benzene rings is 2. The predicted octanol–water partition coefficient (Wildman–Crippen LogP) is 4.78. The SMILES string of the molecule is CCn1c(=O)c(Nc2ccc(F)cc2F)cc2cnnc(-c3ccc(F)cc3F)c21. The van der Waals surface area contributed by atoms with Crippen LogP contribution in [0.15, 0.2) is 53.5 Å². The van der Waals surface area contributed by atoms with Crippen molar-refractivity contribution in [2.45, 2.75) is 13.5 Å². The molecule has 4 rings (SSSR count). The van der Waals surface area contributed by atoms with E-state index in [-0.39, 0.29) is 29.2 Å². The zero-order valence-corrected chi connectivity index (χ0v) is 15.6. The van der Waals surface area contributed by atoms with E-state index >= 15 is 0 Å². The average Bonchev–Trinajstić information content (AvgIpc) is 2.70. The van der Waals surface area contributed by atoms with E-state index < -0.39 is 28.8 Å². The molecule has 0 saturated heterocycles. The maximum atomic E-state index is 14.4. The van der Waals surface area contributed by atoms with Crippen LogP contribution in [-0.2, 0) is 6.54 Å². The van der Waals surface area contributed by atoms with Crippen LogP contribution in [0.3, 0.4) is 0 Å². The summed E-state index contributed by atoms with van der Waals surface area (Å²) in [5, 5.41) is 10.9. The summed E-state index contributed by atoms with van der Waals surface area (Å²) in [4.78, 5) is 13.0. The topological polar surface area (TPSA) is 59.8 Å². The molecule has 1 N–H and O–H groups in total. The van der Waals surface area contributed by atoms with Gasteiger partial charge >= 0.3 is 0 Å². The molecule has 5 nitrogen and oxygen atoms in total. The quantitative estimate of drug-likeness (QED) is 0.489. The van der Waals surface area contributed by atoms with E-state index in [4.69, 9.17) is 0 Å². The maximum absolute atomic E-state index is 14.4. The van der Waals surface area contributed by atoms with Gasteiger partial charge in [-0.05, 0) is 37.3 Å². The number of anilines is 2. The fourth-order valence-corrected chi connectivity index (χ4v) is 3.24. The summed E-state index contributed by atoms with van der Waals surface area (Å²) in [5.41, 5.74) is -0.223. The van der Waals surface area contributed by atoms with Crippen molar-refractivity contribution in [2.75, 3.05) is 5.32 Å². The van der Waals surface area contributed by atoms with Crippen molar-refractivity contribution in [3.05, 3.63) is 82.3 Å². The summed E-state index contributed by atoms with van der Waals surface area (Å²) in [5.74, 6) is -3.20. The lowest BCUT2D eigenvalue weighted by Gasteiger charge is -2.15. The Morgan fingerprint density at radius 2 is 1.63 bits per heavy atom. The highest BCUT2D eigenvalue weighted by Crippen LogP contribution is 2.29. The third kappa shape index (κ3) is 3.38. The number of rotatable bonds is 4. The molecule has 9 heteroatoms. The highest BCUT2D eigenvalue weighted by atomic mass is 19.1. The van der Waals surface area contributed by atoms with Crippen molar-refractivity contribution in [3.8, 4) is 11.3 Å². The van der Waals surface area contributed by atoms with Crippen molar-refractivity contribution in [1.29, 1.82) is 0 Å². The van der Waals surface area contributed by atoms with E-state index in [1.54, 1.807) is 6.92 Å². The van der Waals surface area contributed by atoms with Crippen LogP contribution >= 0.6 is 0 Å². The molecule has 0 unspecified atom stereocenters. The summed E-state index contributed by atoms with van der Waals surface area (Å²) < 4.78 is 56.2. The Morgan fingerprint density at radius 3 is 2.30 bits per heavy atom. The normalized spacial score (nSPS) is 11.1. The molecule has 30 heavy (non-hydrogen) atoms. The van der Waals surface area contributed by atoms with Gasteiger partial charge in [-0.1, -0.05) is 0 Å². The molecule has 0 spiro atoms. The van der Waals surface area contributed by atoms with Crippen LogP contribution in [0.4, 0.5) is 28.9 Å². The Bertz CT molecular complexity index is 1340. The largest absolute Gasteiger partial charge is 0.349 e. The zero-order valence-electron chi connectivity index (χ0n) is 15.6. The van der Waals surface area contributed by atoms with Crippen LogP contribution in [0.25, 0.3) is 22.2 Å². The Hall–Kier alpha value is -3.75. The monoisotopic (exact) mass is 414 g/mol. The number of halogens is 4. The molecule has 0 amide bonds. The minimum absolute atomic E-state index is 0.0126. The third-order valence-electron chi connectivity index (χ3n) is 4.60. The van der Waals surface area contributed by atoms with Gasteiger partial charge in [0.05, 0.1) is 17.4 Å². The predicted molar refractivity (Wildman–Crippen MR) is 104 cm³/mol. The third-order valence-corrected chi connectivity index (χ3v) is 4.60. The number of fused-ring (bicyclic) bond motifs is 1. The second-order valence-electron chi connectivity index (χ2n) is 6.48. The van der Waals surface area contributed by atoms with Crippen LogP contribution in [0.5, 0.6) is 0 Å². The minimum atomic E-state index is -0.862. The number of nitrogens with zero attached hydrogens (tertiary/aromatic N) is 3. The standard InChI is InChI=1S/C21H14F4N4O/c1-2-29-20-11(10-26-28-19(20)14-5-3-12(22)8-15(14)24)7-18(21(29)30)27-17-6-4-13(23)9-16(17)25/h3-10,27H,2H2,1H3. The molecule has 0 radical (unpaired) electrons. The number of hydrogen-bond donors (Lipinski definition) is 1. The van der Waals surface area contributed by atoms with E-state index in [2.05, 4.69) is 15.5 Å². The van der Waals surface area contributed by atoms with Gasteiger partial charge in [-0.25, -0.2) is 17.6 Å². The molecule has 0 saturated carbocycles. The number of nitrogens with one attached hydrogen (secondary N) is 1. The van der Waals surface area contributed by atoms with E-state index in [1.807, 2.05) is 0 Å². The lowest BCUT2D eigenvalue weighted by atomic mass is 10.1. The summed E-state index contributed by atoms with van der Waals surface area (Å²) in [6.07, 6.45) is 1.37. The molecule has 0 fully saturated rings. The lowest BCUT2D eigenvalue weighted by molar-refractivity contribution is 0.584. The molecule has 4 aromatic rings. The van der Waals surface area contributed by atoms with Gasteiger partial charge in [-0.3, -0.25) is 4.79 Å². The second kappa shape index (κ2) is 7.58. The van der Waals surface area contributed by atoms with Gasteiger partial charge in [0.15, 0.2) is 0 Å². The van der Waals surface area contributed by atoms with E-state index in [9.17, 15) is 22.4 Å². The van der Waals surface area contributed by atoms with E-state index in [1.165, 1.54) is 29.0 Å². The first-order valence-electron chi connectivity index (χ1n) is 8.95. The van der Waals surface area contributed by atoms with Gasteiger partial charge in [0.25, 0.3) is 5.56 Å². The summed E-state index contributed by atoms with van der Waals surface area (Å²) >= 11 is 0. The number of pyridine rings is 1. The fourth-order valence-electron chi connectivity index (χ4n) is 3.24. The molecule has 0 aliphatic rings. The van der Waals surface area contributed by atoms with Crippen molar-refractivity contribution in [3.63, 3.8) is 0 Å². The first-order valence-corrected chi connectivity index (χ1v) is 8.95. The van der Waals surface area contributed by atoms with Gasteiger partial charge in [0.1, 0.15) is 34.7 Å². The maximum Gasteiger partial charge on any atom is 0.274 e. The van der Waals surface area contributed by atoms with Crippen LogP contribution in [0.2, 0.25) is 0 Å². The number of hydrogen-bond acceptors (Lipinski definition) is 4. The van der Waals surface area contributed by atoms with E-state index in [0.717, 1.165) is 18.2 Å². The van der Waals surface area contributed by atoms with Crippen molar-refractivity contribution in [2.24, 2.45) is 0 Å². The second-order valence-corrected chi connectivity index (χ2v) is 6.48. The molecule has 2 aromatic heterocycles. The molecular weight excluding hydrogens is 400 g/mol. The molecular formula is C21H14F4N4O. The van der Waals surface area contributed by atoms with Crippen LogP contribution in [0, 0.1) is 23.3 Å². The Kier molecular flexibility index (Phi) is 4.94. The van der Waals surface area contributed by atoms with Gasteiger partial charge < -0.3 is 9.88 Å². The van der Waals surface area contributed by atoms with Gasteiger partial charge in [-0.15, -0.1) is 5.10 Å². The fraction of sp³-hybridized carbons (Fsp3) is 0.0952. The molecule has 2 aromatic carbocycles. The van der Waals surface area contributed by atoms with Gasteiger partial charge in [0.2, 0.25) is 0 Å². The van der Waals surface area contributed by atoms with Gasteiger partial charge in [0, 0.05) is 29.6 Å². The Morgan fingerprint density at radius 1 is 0.933 bits per heavy atom. The van der Waals surface area contributed by atoms with Crippen molar-refractivity contribution in [1.82, 2.24) is 14.8 Å². The highest BCUT2D eigenvalue weighted by Gasteiger charge is 2.18. The van der Waals surface area contributed by atoms with E-state index in [0.29, 0.717) is 17.0 Å². The smallest absolute Gasteiger partial charge is 0.274 e.